The van der Waals surface area contributed by atoms with Crippen LogP contribution in [-0.4, -0.2) is 42.0 Å². The highest BCUT2D eigenvalue weighted by Gasteiger charge is 2.22. The Hall–Kier alpha value is -2.81. The fourth-order valence-electron chi connectivity index (χ4n) is 3.21. The zero-order valence-electron chi connectivity index (χ0n) is 14.7. The number of hydrogen-bond donors (Lipinski definition) is 1. The van der Waals surface area contributed by atoms with Gasteiger partial charge in [0, 0.05) is 12.7 Å². The molecule has 9 nitrogen and oxygen atoms in total. The average Bonchev–Trinajstić information content (AvgIpc) is 3.14. The number of nitrogens with two attached hydrogens (primary N) is 1. The summed E-state index contributed by atoms with van der Waals surface area (Å²) < 4.78 is 18.3. The highest BCUT2D eigenvalue weighted by molar-refractivity contribution is 5.84. The van der Waals surface area contributed by atoms with E-state index < -0.39 is 17.2 Å². The average molecular weight is 363 g/mol. The van der Waals surface area contributed by atoms with Crippen molar-refractivity contribution < 1.29 is 19.0 Å². The van der Waals surface area contributed by atoms with Crippen molar-refractivity contribution in [2.75, 3.05) is 20.8 Å². The van der Waals surface area contributed by atoms with Crippen LogP contribution in [0.4, 0.5) is 0 Å². The van der Waals surface area contributed by atoms with Gasteiger partial charge in [-0.05, 0) is 18.9 Å². The van der Waals surface area contributed by atoms with Gasteiger partial charge in [-0.1, -0.05) is 0 Å². The van der Waals surface area contributed by atoms with Crippen LogP contribution in [0.25, 0.3) is 10.9 Å². The molecule has 0 spiro atoms. The van der Waals surface area contributed by atoms with Crippen molar-refractivity contribution in [3.05, 3.63) is 33.0 Å². The molecule has 1 unspecified atom stereocenters. The summed E-state index contributed by atoms with van der Waals surface area (Å²) in [6.07, 6.45) is 1.44. The van der Waals surface area contributed by atoms with Gasteiger partial charge in [0.2, 0.25) is 5.91 Å². The number of carbonyl (C=O) groups excluding carboxylic acids is 1. The van der Waals surface area contributed by atoms with Gasteiger partial charge >= 0.3 is 5.69 Å². The van der Waals surface area contributed by atoms with E-state index in [2.05, 4.69) is 0 Å². The predicted octanol–water partition coefficient (Wildman–Crippen LogP) is -0.155. The largest absolute Gasteiger partial charge is 0.493 e. The van der Waals surface area contributed by atoms with Crippen molar-refractivity contribution in [2.45, 2.75) is 32.0 Å². The summed E-state index contributed by atoms with van der Waals surface area (Å²) in [6.45, 7) is 0.380. The molecule has 0 radical (unpaired) electrons. The lowest BCUT2D eigenvalue weighted by atomic mass is 10.2. The Morgan fingerprint density at radius 1 is 1.23 bits per heavy atom. The topological polar surface area (TPSA) is 115 Å². The molecule has 2 heterocycles. The summed E-state index contributed by atoms with van der Waals surface area (Å²) >= 11 is 0. The molecule has 26 heavy (non-hydrogen) atoms. The number of rotatable bonds is 6. The highest BCUT2D eigenvalue weighted by atomic mass is 16.5. The van der Waals surface area contributed by atoms with Gasteiger partial charge in [0.15, 0.2) is 11.5 Å². The Labute approximate surface area is 148 Å². The number of hydrogen-bond acceptors (Lipinski definition) is 6. The number of methoxy groups -OCH3 is 2. The summed E-state index contributed by atoms with van der Waals surface area (Å²) in [6, 6.07) is 3.00. The molecule has 2 aromatic rings. The molecule has 140 valence electrons. The highest BCUT2D eigenvalue weighted by Crippen LogP contribution is 2.30. The van der Waals surface area contributed by atoms with E-state index >= 15 is 0 Å². The smallest absolute Gasteiger partial charge is 0.332 e. The normalized spacial score (nSPS) is 16.8. The minimum Gasteiger partial charge on any atom is -0.493 e. The number of primary amides is 1. The Morgan fingerprint density at radius 2 is 1.92 bits per heavy atom. The quantitative estimate of drug-likeness (QED) is 0.763. The van der Waals surface area contributed by atoms with Crippen molar-refractivity contribution in [1.29, 1.82) is 0 Å². The molecule has 0 aliphatic carbocycles. The second-order valence-corrected chi connectivity index (χ2v) is 6.11. The third kappa shape index (κ3) is 3.17. The van der Waals surface area contributed by atoms with Crippen LogP contribution in [0.5, 0.6) is 11.5 Å². The molecule has 1 aliphatic rings. The first-order chi connectivity index (χ1) is 12.5. The van der Waals surface area contributed by atoms with Gasteiger partial charge in [-0.2, -0.15) is 0 Å². The van der Waals surface area contributed by atoms with Crippen molar-refractivity contribution in [2.24, 2.45) is 5.73 Å². The fourth-order valence-corrected chi connectivity index (χ4v) is 3.21. The third-order valence-corrected chi connectivity index (χ3v) is 4.45. The first kappa shape index (κ1) is 18.0. The Balaban J connectivity index is 2.29. The molecule has 9 heteroatoms. The summed E-state index contributed by atoms with van der Waals surface area (Å²) in [5.74, 6) is 0.00411. The minimum atomic E-state index is -0.689. The van der Waals surface area contributed by atoms with E-state index in [1.54, 1.807) is 0 Å². The maximum Gasteiger partial charge on any atom is 0.332 e. The molecule has 1 aromatic carbocycles. The maximum atomic E-state index is 12.9. The van der Waals surface area contributed by atoms with E-state index in [0.29, 0.717) is 18.1 Å². The van der Waals surface area contributed by atoms with Crippen LogP contribution in [0.15, 0.2) is 21.7 Å². The monoisotopic (exact) mass is 363 g/mol. The van der Waals surface area contributed by atoms with Gasteiger partial charge in [0.05, 0.1) is 37.8 Å². The number of nitrogens with zero attached hydrogens (tertiary/aromatic N) is 2. The number of benzene rings is 1. The van der Waals surface area contributed by atoms with Crippen LogP contribution in [0.3, 0.4) is 0 Å². The number of ether oxygens (including phenoxy) is 3. The van der Waals surface area contributed by atoms with Crippen LogP contribution in [-0.2, 0) is 22.6 Å². The van der Waals surface area contributed by atoms with E-state index in [4.69, 9.17) is 19.9 Å². The maximum absolute atomic E-state index is 12.9. The van der Waals surface area contributed by atoms with Crippen molar-refractivity contribution in [1.82, 2.24) is 9.13 Å². The fraction of sp³-hybridized carbons (Fsp3) is 0.471. The van der Waals surface area contributed by atoms with E-state index in [0.717, 1.165) is 17.4 Å². The number of aromatic nitrogens is 2. The lowest BCUT2D eigenvalue weighted by Crippen LogP contribution is -2.43. The number of carbonyl (C=O) groups is 1. The van der Waals surface area contributed by atoms with Gasteiger partial charge in [0.25, 0.3) is 5.56 Å². The van der Waals surface area contributed by atoms with Gasteiger partial charge in [-0.15, -0.1) is 0 Å². The summed E-state index contributed by atoms with van der Waals surface area (Å²) in [5, 5.41) is 0.237. The lowest BCUT2D eigenvalue weighted by molar-refractivity contribution is -0.118. The molecule has 3 rings (SSSR count). The molecule has 1 aromatic heterocycles. The summed E-state index contributed by atoms with van der Waals surface area (Å²) in [4.78, 5) is 37.3. The van der Waals surface area contributed by atoms with Crippen LogP contribution in [0.2, 0.25) is 0 Å². The first-order valence-corrected chi connectivity index (χ1v) is 8.25. The molecule has 2 N–H and O–H groups in total. The molecule has 0 bridgehead atoms. The van der Waals surface area contributed by atoms with Crippen LogP contribution < -0.4 is 26.5 Å². The summed E-state index contributed by atoms with van der Waals surface area (Å²) in [7, 11) is 2.90. The van der Waals surface area contributed by atoms with Crippen molar-refractivity contribution in [3.63, 3.8) is 0 Å². The Morgan fingerprint density at radius 3 is 2.50 bits per heavy atom. The molecule has 1 amide bonds. The molecule has 1 atom stereocenters. The van der Waals surface area contributed by atoms with Crippen LogP contribution >= 0.6 is 0 Å². The second kappa shape index (κ2) is 7.20. The zero-order valence-corrected chi connectivity index (χ0v) is 14.7. The molecule has 1 saturated heterocycles. The first-order valence-electron chi connectivity index (χ1n) is 8.25. The van der Waals surface area contributed by atoms with Crippen molar-refractivity contribution >= 4 is 16.8 Å². The minimum absolute atomic E-state index is 0.126. The SMILES string of the molecule is COc1cc2c(=O)n(CC3CCCO3)c(=O)n(CC(N)=O)c2cc1OC. The third-order valence-electron chi connectivity index (χ3n) is 4.45. The van der Waals surface area contributed by atoms with E-state index in [-0.39, 0.29) is 30.1 Å². The number of amides is 1. The lowest BCUT2D eigenvalue weighted by Gasteiger charge is -2.17. The Kier molecular flexibility index (Phi) is 4.99. The van der Waals surface area contributed by atoms with Gasteiger partial charge in [-0.25, -0.2) is 4.79 Å². The van der Waals surface area contributed by atoms with Gasteiger partial charge < -0.3 is 19.9 Å². The molecular weight excluding hydrogens is 342 g/mol. The Bertz CT molecular complexity index is 956. The van der Waals surface area contributed by atoms with Crippen LogP contribution in [0.1, 0.15) is 12.8 Å². The summed E-state index contributed by atoms with van der Waals surface area (Å²) in [5.41, 5.74) is 4.48. The molecule has 0 saturated carbocycles. The van der Waals surface area contributed by atoms with Crippen molar-refractivity contribution in [3.8, 4) is 11.5 Å². The zero-order chi connectivity index (χ0) is 18.8. The van der Waals surface area contributed by atoms with Gasteiger partial charge in [0.1, 0.15) is 6.54 Å². The predicted molar refractivity (Wildman–Crippen MR) is 93.7 cm³/mol. The van der Waals surface area contributed by atoms with Crippen LogP contribution in [0, 0.1) is 0 Å². The molecular formula is C17H21N3O6. The van der Waals surface area contributed by atoms with E-state index in [9.17, 15) is 14.4 Å². The molecule has 1 fully saturated rings. The number of fused-ring (bicyclic) bond motifs is 1. The standard InChI is InChI=1S/C17H21N3O6/c1-24-13-6-11-12(7-14(13)25-2)19(9-15(18)21)17(23)20(16(11)22)8-10-4-3-5-26-10/h6-7,10H,3-5,8-9H2,1-2H3,(H2,18,21). The van der Waals surface area contributed by atoms with E-state index in [1.807, 2.05) is 0 Å². The van der Waals surface area contributed by atoms with Gasteiger partial charge in [-0.3, -0.25) is 18.7 Å². The molecule has 1 aliphatic heterocycles. The van der Waals surface area contributed by atoms with E-state index in [1.165, 1.54) is 30.9 Å². The second-order valence-electron chi connectivity index (χ2n) is 6.11.